The van der Waals surface area contributed by atoms with Gasteiger partial charge < -0.3 is 16.0 Å². The van der Waals surface area contributed by atoms with Crippen molar-refractivity contribution in [1.82, 2.24) is 16.0 Å². The van der Waals surface area contributed by atoms with Gasteiger partial charge in [0.2, 0.25) is 12.3 Å². The predicted molar refractivity (Wildman–Crippen MR) is 73.6 cm³/mol. The molecular formula is C13H25N3O3. The van der Waals surface area contributed by atoms with Crippen LogP contribution in [-0.2, 0) is 14.4 Å². The summed E-state index contributed by atoms with van der Waals surface area (Å²) in [6, 6.07) is -0.800. The molecule has 3 N–H and O–H groups in total. The van der Waals surface area contributed by atoms with E-state index in [9.17, 15) is 14.4 Å². The molecule has 0 fully saturated rings. The monoisotopic (exact) mass is 271 g/mol. The Balaban J connectivity index is 4.36. The van der Waals surface area contributed by atoms with Crippen LogP contribution in [0, 0.1) is 5.92 Å². The first kappa shape index (κ1) is 17.6. The first-order valence-electron chi connectivity index (χ1n) is 6.59. The SMILES string of the molecule is CNC(C(=O)NC(CCCNC=O)C(C)=O)C(C)C. The summed E-state index contributed by atoms with van der Waals surface area (Å²) in [5.41, 5.74) is 0. The smallest absolute Gasteiger partial charge is 0.237 e. The number of nitrogens with one attached hydrogen (secondary N) is 3. The highest BCUT2D eigenvalue weighted by molar-refractivity contribution is 5.89. The topological polar surface area (TPSA) is 87.3 Å². The van der Waals surface area contributed by atoms with Gasteiger partial charge in [0.25, 0.3) is 0 Å². The summed E-state index contributed by atoms with van der Waals surface area (Å²) in [6.45, 7) is 5.85. The summed E-state index contributed by atoms with van der Waals surface area (Å²) in [6.07, 6.45) is 1.79. The third kappa shape index (κ3) is 6.91. The zero-order chi connectivity index (χ0) is 14.8. The van der Waals surface area contributed by atoms with Crippen molar-refractivity contribution in [1.29, 1.82) is 0 Å². The largest absolute Gasteiger partial charge is 0.359 e. The number of carbonyl (C=O) groups is 3. The molecule has 0 aromatic rings. The van der Waals surface area contributed by atoms with Crippen LogP contribution in [0.4, 0.5) is 0 Å². The van der Waals surface area contributed by atoms with Gasteiger partial charge in [0.05, 0.1) is 12.1 Å². The number of ketones is 1. The van der Waals surface area contributed by atoms with Crippen molar-refractivity contribution in [3.63, 3.8) is 0 Å². The molecule has 19 heavy (non-hydrogen) atoms. The molecule has 0 aliphatic heterocycles. The summed E-state index contributed by atoms with van der Waals surface area (Å²) < 4.78 is 0. The van der Waals surface area contributed by atoms with Crippen molar-refractivity contribution < 1.29 is 14.4 Å². The molecule has 6 nitrogen and oxygen atoms in total. The maximum atomic E-state index is 12.0. The van der Waals surface area contributed by atoms with E-state index in [1.165, 1.54) is 6.92 Å². The van der Waals surface area contributed by atoms with Crippen LogP contribution in [0.15, 0.2) is 0 Å². The number of Topliss-reactive ketones (excluding diaryl/α,β-unsaturated/α-hetero) is 1. The Morgan fingerprint density at radius 2 is 1.89 bits per heavy atom. The van der Waals surface area contributed by atoms with E-state index in [-0.39, 0.29) is 23.7 Å². The molecule has 0 rings (SSSR count). The number of likely N-dealkylation sites (N-methyl/N-ethyl adjacent to an activating group) is 1. The zero-order valence-corrected chi connectivity index (χ0v) is 12.2. The number of carbonyl (C=O) groups excluding carboxylic acids is 3. The van der Waals surface area contributed by atoms with Gasteiger partial charge in [-0.2, -0.15) is 0 Å². The van der Waals surface area contributed by atoms with Crippen LogP contribution < -0.4 is 16.0 Å². The minimum Gasteiger partial charge on any atom is -0.359 e. The maximum Gasteiger partial charge on any atom is 0.237 e. The van der Waals surface area contributed by atoms with E-state index in [4.69, 9.17) is 0 Å². The van der Waals surface area contributed by atoms with Gasteiger partial charge in [-0.15, -0.1) is 0 Å². The summed E-state index contributed by atoms with van der Waals surface area (Å²) >= 11 is 0. The average Bonchev–Trinajstić information content (AvgIpc) is 2.33. The van der Waals surface area contributed by atoms with Crippen LogP contribution >= 0.6 is 0 Å². The van der Waals surface area contributed by atoms with Crippen molar-refractivity contribution in [2.45, 2.75) is 45.7 Å². The first-order valence-corrected chi connectivity index (χ1v) is 6.59. The second kappa shape index (κ2) is 9.49. The molecule has 0 aromatic heterocycles. The molecule has 0 saturated heterocycles. The van der Waals surface area contributed by atoms with Gasteiger partial charge in [-0.1, -0.05) is 13.8 Å². The van der Waals surface area contributed by atoms with E-state index >= 15 is 0 Å². The lowest BCUT2D eigenvalue weighted by atomic mass is 10.0. The second-order valence-corrected chi connectivity index (χ2v) is 4.90. The van der Waals surface area contributed by atoms with Crippen molar-refractivity contribution in [2.24, 2.45) is 5.92 Å². The maximum absolute atomic E-state index is 12.0. The highest BCUT2D eigenvalue weighted by atomic mass is 16.2. The van der Waals surface area contributed by atoms with Gasteiger partial charge >= 0.3 is 0 Å². The lowest BCUT2D eigenvalue weighted by Crippen LogP contribution is -2.51. The lowest BCUT2D eigenvalue weighted by Gasteiger charge is -2.23. The van der Waals surface area contributed by atoms with Gasteiger partial charge in [0, 0.05) is 6.54 Å². The molecule has 0 heterocycles. The fraction of sp³-hybridized carbons (Fsp3) is 0.769. The van der Waals surface area contributed by atoms with E-state index in [1.54, 1.807) is 7.05 Å². The minimum absolute atomic E-state index is 0.0712. The quantitative estimate of drug-likeness (QED) is 0.380. The van der Waals surface area contributed by atoms with Crippen LogP contribution in [0.1, 0.15) is 33.6 Å². The van der Waals surface area contributed by atoms with Crippen LogP contribution in [0.3, 0.4) is 0 Å². The molecule has 6 heteroatoms. The molecule has 0 spiro atoms. The molecule has 2 amide bonds. The summed E-state index contributed by atoms with van der Waals surface area (Å²) in [5.74, 6) is -0.0894. The minimum atomic E-state index is -0.490. The Hall–Kier alpha value is -1.43. The Kier molecular flexibility index (Phi) is 8.78. The number of hydrogen-bond acceptors (Lipinski definition) is 4. The second-order valence-electron chi connectivity index (χ2n) is 4.90. The number of hydrogen-bond donors (Lipinski definition) is 3. The van der Waals surface area contributed by atoms with Crippen molar-refractivity contribution in [3.8, 4) is 0 Å². The van der Waals surface area contributed by atoms with E-state index in [2.05, 4.69) is 16.0 Å². The molecule has 0 aliphatic rings. The predicted octanol–water partition coefficient (Wildman–Crippen LogP) is -0.170. The molecule has 0 saturated carbocycles. The normalized spacial score (nSPS) is 13.7. The van der Waals surface area contributed by atoms with Crippen molar-refractivity contribution in [2.75, 3.05) is 13.6 Å². The summed E-state index contributed by atoms with van der Waals surface area (Å²) in [5, 5.41) is 8.23. The van der Waals surface area contributed by atoms with Crippen LogP contribution in [0.25, 0.3) is 0 Å². The number of rotatable bonds is 10. The Morgan fingerprint density at radius 1 is 1.26 bits per heavy atom. The fourth-order valence-corrected chi connectivity index (χ4v) is 1.87. The first-order chi connectivity index (χ1) is 8.93. The molecule has 0 aliphatic carbocycles. The molecule has 0 aromatic carbocycles. The van der Waals surface area contributed by atoms with Crippen LogP contribution in [0.2, 0.25) is 0 Å². The lowest BCUT2D eigenvalue weighted by molar-refractivity contribution is -0.129. The Morgan fingerprint density at radius 3 is 2.32 bits per heavy atom. The highest BCUT2D eigenvalue weighted by Gasteiger charge is 2.24. The fourth-order valence-electron chi connectivity index (χ4n) is 1.87. The summed E-state index contributed by atoms with van der Waals surface area (Å²) in [7, 11) is 1.72. The van der Waals surface area contributed by atoms with Gasteiger partial charge in [0.15, 0.2) is 5.78 Å². The van der Waals surface area contributed by atoms with Gasteiger partial charge in [0.1, 0.15) is 0 Å². The Bertz CT molecular complexity index is 306. The molecule has 0 radical (unpaired) electrons. The van der Waals surface area contributed by atoms with E-state index in [1.807, 2.05) is 13.8 Å². The standard InChI is InChI=1S/C13H25N3O3/c1-9(2)12(14-4)13(19)16-11(10(3)18)6-5-7-15-8-17/h8-9,11-12,14H,5-7H2,1-4H3,(H,15,17)(H,16,19). The van der Waals surface area contributed by atoms with Crippen molar-refractivity contribution in [3.05, 3.63) is 0 Å². The van der Waals surface area contributed by atoms with E-state index < -0.39 is 6.04 Å². The highest BCUT2D eigenvalue weighted by Crippen LogP contribution is 2.04. The van der Waals surface area contributed by atoms with Gasteiger partial charge in [-0.3, -0.25) is 14.4 Å². The summed E-state index contributed by atoms with van der Waals surface area (Å²) in [4.78, 5) is 33.6. The van der Waals surface area contributed by atoms with Crippen molar-refractivity contribution >= 4 is 18.1 Å². The van der Waals surface area contributed by atoms with Crippen LogP contribution in [-0.4, -0.2) is 43.8 Å². The molecule has 0 bridgehead atoms. The third-order valence-electron chi connectivity index (χ3n) is 2.96. The van der Waals surface area contributed by atoms with Gasteiger partial charge in [-0.05, 0) is 32.7 Å². The molecule has 110 valence electrons. The molecule has 2 atom stereocenters. The third-order valence-corrected chi connectivity index (χ3v) is 2.96. The van der Waals surface area contributed by atoms with E-state index in [0.717, 1.165) is 0 Å². The molecule has 2 unspecified atom stereocenters. The average molecular weight is 271 g/mol. The van der Waals surface area contributed by atoms with E-state index in [0.29, 0.717) is 25.8 Å². The Labute approximate surface area is 114 Å². The number of amides is 2. The zero-order valence-electron chi connectivity index (χ0n) is 12.2. The van der Waals surface area contributed by atoms with Crippen LogP contribution in [0.5, 0.6) is 0 Å². The van der Waals surface area contributed by atoms with Gasteiger partial charge in [-0.25, -0.2) is 0 Å². The molecular weight excluding hydrogens is 246 g/mol.